The van der Waals surface area contributed by atoms with E-state index in [-0.39, 0.29) is 16.9 Å². The number of nitrogens with zero attached hydrogens (tertiary/aromatic N) is 1. The van der Waals surface area contributed by atoms with Crippen LogP contribution in [0.3, 0.4) is 0 Å². The standard InChI is InChI=1S/C12H11BrClNO2S/c1-2-15(7-8-3-5-10(13)18-8)12(16)9-4-6-11(14)17-9/h3-6H,2,7H2,1H3. The Labute approximate surface area is 122 Å². The number of halogens is 2. The van der Waals surface area contributed by atoms with Crippen molar-refractivity contribution in [3.63, 3.8) is 0 Å². The van der Waals surface area contributed by atoms with Crippen molar-refractivity contribution >= 4 is 44.8 Å². The third kappa shape index (κ3) is 3.16. The van der Waals surface area contributed by atoms with Gasteiger partial charge in [0.05, 0.1) is 10.3 Å². The highest BCUT2D eigenvalue weighted by Crippen LogP contribution is 2.24. The average Bonchev–Trinajstić information content (AvgIpc) is 2.94. The number of carbonyl (C=O) groups is 1. The van der Waals surface area contributed by atoms with Crippen LogP contribution < -0.4 is 0 Å². The van der Waals surface area contributed by atoms with Gasteiger partial charge in [0, 0.05) is 11.4 Å². The Morgan fingerprint density at radius 1 is 1.44 bits per heavy atom. The van der Waals surface area contributed by atoms with E-state index in [0.29, 0.717) is 13.1 Å². The summed E-state index contributed by atoms with van der Waals surface area (Å²) in [6.07, 6.45) is 0. The zero-order valence-electron chi connectivity index (χ0n) is 9.65. The first-order valence-corrected chi connectivity index (χ1v) is 7.37. The molecule has 0 N–H and O–H groups in total. The number of hydrogen-bond acceptors (Lipinski definition) is 3. The second-order valence-corrected chi connectivity index (χ2v) is 6.55. The molecule has 96 valence electrons. The van der Waals surface area contributed by atoms with Crippen molar-refractivity contribution in [2.45, 2.75) is 13.5 Å². The predicted octanol–water partition coefficient (Wildman–Crippen LogP) is 4.42. The summed E-state index contributed by atoms with van der Waals surface area (Å²) in [5.74, 6) is 0.131. The van der Waals surface area contributed by atoms with E-state index in [4.69, 9.17) is 16.0 Å². The maximum Gasteiger partial charge on any atom is 0.289 e. The molecule has 0 atom stereocenters. The summed E-state index contributed by atoms with van der Waals surface area (Å²) in [5.41, 5.74) is 0. The Hall–Kier alpha value is -0.780. The van der Waals surface area contributed by atoms with E-state index in [2.05, 4.69) is 15.9 Å². The van der Waals surface area contributed by atoms with Crippen LogP contribution in [-0.2, 0) is 6.54 Å². The molecule has 2 rings (SSSR count). The summed E-state index contributed by atoms with van der Waals surface area (Å²) in [6, 6.07) is 7.14. The summed E-state index contributed by atoms with van der Waals surface area (Å²) in [4.78, 5) is 15.0. The maximum absolute atomic E-state index is 12.2. The zero-order chi connectivity index (χ0) is 13.1. The average molecular weight is 349 g/mol. The van der Waals surface area contributed by atoms with E-state index in [9.17, 15) is 4.79 Å². The van der Waals surface area contributed by atoms with Crippen molar-refractivity contribution < 1.29 is 9.21 Å². The number of amides is 1. The first-order chi connectivity index (χ1) is 8.60. The fourth-order valence-corrected chi connectivity index (χ4v) is 3.18. The van der Waals surface area contributed by atoms with Crippen molar-refractivity contribution in [1.82, 2.24) is 4.90 Å². The van der Waals surface area contributed by atoms with Gasteiger partial charge in [-0.2, -0.15) is 0 Å². The molecule has 0 aliphatic rings. The van der Waals surface area contributed by atoms with Crippen LogP contribution in [0.15, 0.2) is 32.5 Å². The summed E-state index contributed by atoms with van der Waals surface area (Å²) in [7, 11) is 0. The lowest BCUT2D eigenvalue weighted by atomic mass is 10.3. The molecule has 0 radical (unpaired) electrons. The highest BCUT2D eigenvalue weighted by Gasteiger charge is 2.18. The predicted molar refractivity (Wildman–Crippen MR) is 76.2 cm³/mol. The fourth-order valence-electron chi connectivity index (χ4n) is 1.54. The second kappa shape index (κ2) is 5.91. The SMILES string of the molecule is CCN(Cc1ccc(Br)s1)C(=O)c1ccc(Cl)o1. The molecule has 18 heavy (non-hydrogen) atoms. The van der Waals surface area contributed by atoms with Crippen molar-refractivity contribution in [2.75, 3.05) is 6.54 Å². The summed E-state index contributed by atoms with van der Waals surface area (Å²) >= 11 is 10.7. The molecular weight excluding hydrogens is 338 g/mol. The second-order valence-electron chi connectivity index (χ2n) is 3.63. The number of furan rings is 1. The van der Waals surface area contributed by atoms with Gasteiger partial charge in [0.15, 0.2) is 11.0 Å². The van der Waals surface area contributed by atoms with Crippen LogP contribution in [0.4, 0.5) is 0 Å². The molecule has 0 aliphatic heterocycles. The molecule has 2 aromatic rings. The van der Waals surface area contributed by atoms with E-state index in [1.165, 1.54) is 0 Å². The van der Waals surface area contributed by atoms with Gasteiger partial charge >= 0.3 is 0 Å². The quantitative estimate of drug-likeness (QED) is 0.819. The van der Waals surface area contributed by atoms with E-state index in [1.807, 2.05) is 19.1 Å². The lowest BCUT2D eigenvalue weighted by molar-refractivity contribution is 0.0722. The minimum absolute atomic E-state index is 0.145. The van der Waals surface area contributed by atoms with Crippen LogP contribution in [-0.4, -0.2) is 17.4 Å². The van der Waals surface area contributed by atoms with Gasteiger partial charge in [-0.1, -0.05) is 0 Å². The molecular formula is C12H11BrClNO2S. The van der Waals surface area contributed by atoms with Gasteiger partial charge in [-0.05, 0) is 58.7 Å². The van der Waals surface area contributed by atoms with Gasteiger partial charge in [-0.3, -0.25) is 4.79 Å². The van der Waals surface area contributed by atoms with Crippen molar-refractivity contribution in [3.05, 3.63) is 43.9 Å². The van der Waals surface area contributed by atoms with Crippen LogP contribution in [0.5, 0.6) is 0 Å². The topological polar surface area (TPSA) is 33.5 Å². The van der Waals surface area contributed by atoms with Gasteiger partial charge in [0.1, 0.15) is 0 Å². The summed E-state index contributed by atoms with van der Waals surface area (Å²) < 4.78 is 6.20. The molecule has 3 nitrogen and oxygen atoms in total. The molecule has 0 saturated heterocycles. The lowest BCUT2D eigenvalue weighted by Gasteiger charge is -2.18. The van der Waals surface area contributed by atoms with Crippen LogP contribution >= 0.6 is 38.9 Å². The van der Waals surface area contributed by atoms with E-state index in [0.717, 1.165) is 8.66 Å². The number of carbonyl (C=O) groups excluding carboxylic acids is 1. The third-order valence-corrected chi connectivity index (χ3v) is 4.24. The smallest absolute Gasteiger partial charge is 0.289 e. The van der Waals surface area contributed by atoms with Gasteiger partial charge in [-0.25, -0.2) is 0 Å². The highest BCUT2D eigenvalue weighted by molar-refractivity contribution is 9.11. The molecule has 0 aromatic carbocycles. The van der Waals surface area contributed by atoms with Gasteiger partial charge in [0.2, 0.25) is 0 Å². The van der Waals surface area contributed by atoms with Gasteiger partial charge in [-0.15, -0.1) is 11.3 Å². The van der Waals surface area contributed by atoms with E-state index in [1.54, 1.807) is 28.4 Å². The Morgan fingerprint density at radius 3 is 2.72 bits per heavy atom. The Balaban J connectivity index is 2.11. The molecule has 1 amide bonds. The zero-order valence-corrected chi connectivity index (χ0v) is 12.8. The fraction of sp³-hybridized carbons (Fsp3) is 0.250. The summed E-state index contributed by atoms with van der Waals surface area (Å²) in [5, 5.41) is 0.230. The third-order valence-electron chi connectivity index (χ3n) is 2.43. The lowest BCUT2D eigenvalue weighted by Crippen LogP contribution is -2.29. The molecule has 2 aromatic heterocycles. The number of thiophene rings is 1. The van der Waals surface area contributed by atoms with Crippen LogP contribution in [0.25, 0.3) is 0 Å². The van der Waals surface area contributed by atoms with Crippen molar-refractivity contribution in [2.24, 2.45) is 0 Å². The first kappa shape index (κ1) is 13.6. The highest BCUT2D eigenvalue weighted by atomic mass is 79.9. The molecule has 0 fully saturated rings. The van der Waals surface area contributed by atoms with E-state index >= 15 is 0 Å². The number of rotatable bonds is 4. The van der Waals surface area contributed by atoms with Crippen molar-refractivity contribution in [1.29, 1.82) is 0 Å². The van der Waals surface area contributed by atoms with Crippen molar-refractivity contribution in [3.8, 4) is 0 Å². The Morgan fingerprint density at radius 2 is 2.22 bits per heavy atom. The minimum atomic E-state index is -0.145. The first-order valence-electron chi connectivity index (χ1n) is 5.39. The van der Waals surface area contributed by atoms with Crippen LogP contribution in [0, 0.1) is 0 Å². The maximum atomic E-state index is 12.2. The largest absolute Gasteiger partial charge is 0.440 e. The normalized spacial score (nSPS) is 10.6. The molecule has 2 heterocycles. The van der Waals surface area contributed by atoms with Gasteiger partial charge in [0.25, 0.3) is 5.91 Å². The number of hydrogen-bond donors (Lipinski definition) is 0. The van der Waals surface area contributed by atoms with E-state index < -0.39 is 0 Å². The van der Waals surface area contributed by atoms with Crippen LogP contribution in [0.2, 0.25) is 5.22 Å². The molecule has 0 unspecified atom stereocenters. The molecule has 6 heteroatoms. The molecule has 0 bridgehead atoms. The Kier molecular flexibility index (Phi) is 4.48. The monoisotopic (exact) mass is 347 g/mol. The molecule has 0 spiro atoms. The Bertz CT molecular complexity index is 552. The van der Waals surface area contributed by atoms with Gasteiger partial charge < -0.3 is 9.32 Å². The summed E-state index contributed by atoms with van der Waals surface area (Å²) in [6.45, 7) is 3.13. The minimum Gasteiger partial charge on any atom is -0.440 e. The molecule has 0 saturated carbocycles. The molecule has 0 aliphatic carbocycles. The van der Waals surface area contributed by atoms with Crippen LogP contribution in [0.1, 0.15) is 22.4 Å².